The van der Waals surface area contributed by atoms with Gasteiger partial charge in [-0.25, -0.2) is 64.2 Å². The lowest BCUT2D eigenvalue weighted by atomic mass is 10.3. The number of Topliss-reactive ketones (excluding diaryl/α,β-unsaturated/α-hetero) is 1. The lowest BCUT2D eigenvalue weighted by molar-refractivity contribution is 0.0988. The molecule has 0 saturated heterocycles. The number of H-pyrrole nitrogens is 1. The summed E-state index contributed by atoms with van der Waals surface area (Å²) >= 11 is 0. The van der Waals surface area contributed by atoms with Crippen molar-refractivity contribution in [2.24, 2.45) is 11.5 Å². The molecule has 540 valence electrons. The Morgan fingerprint density at radius 1 is 0.485 bits per heavy atom. The van der Waals surface area contributed by atoms with Crippen molar-refractivity contribution in [1.29, 1.82) is 0 Å². The molecule has 0 unspecified atom stereocenters. The number of hydrogen-bond donors (Lipinski definition) is 7. The Morgan fingerprint density at radius 2 is 1.00 bits per heavy atom. The number of aryl methyl sites for hydroxylation is 1. The van der Waals surface area contributed by atoms with Crippen molar-refractivity contribution in [3.63, 3.8) is 0 Å². The molecule has 0 aromatic carbocycles. The number of carbonyl (C=O) groups is 3. The number of primary amides is 2. The maximum absolute atomic E-state index is 13.4. The zero-order valence-corrected chi connectivity index (χ0v) is 59.4. The van der Waals surface area contributed by atoms with Crippen LogP contribution in [0.5, 0.6) is 0 Å². The Bertz CT molecular complexity index is 4830. The molecule has 101 heavy (non-hydrogen) atoms. The van der Waals surface area contributed by atoms with Gasteiger partial charge < -0.3 is 52.7 Å². The van der Waals surface area contributed by atoms with Crippen LogP contribution in [0.1, 0.15) is 205 Å². The van der Waals surface area contributed by atoms with Crippen LogP contribution in [0, 0.1) is 19.1 Å². The molecule has 0 aliphatic heterocycles. The lowest BCUT2D eigenvalue weighted by Crippen LogP contribution is -2.12. The fraction of sp³-hybridized carbons (Fsp3) is 0.426. The SMILES string of the molecule is CC(=O)c1ncn(C(C)C)n1.CC(C)n1c(F)nc2c(N)ncnc21.CC(C)n1cc(C(N)=O)cn1.CC(C)n1cc(C(N)=O)nn1.CC(C)n1cnc2c(=O)[nH]c(F)nc21.CC(C)n1cnc2c(N)nc(N)nc21.CC(C)n1cnc2c(N)ncnc21.Cc1ncc2ncn(C(C)C)c2n1.[HH]. The standard InChI is InChI=1S/C9H12N4.C8H10FN5.C8H9FN4O.C8H12N6.C8H11N5.2C7H11N3O.C6H10N4O.H2/c1-6(2)13-5-11-8-4-10-7(3)12-9(8)13;1-4(2)14-7-5(13-8(14)9)6(10)11-3-12-7;1-4(2)13-3-10-5-6(13)11-8(9)12-7(5)14;1-4(2)14-3-11-5-6(9)12-8(10)13-7(5)14;1-5(2)13-4-12-6-7(9)10-3-11-8(6)13;1-5(2)10-4-8-7(9-10)6(3)11;1-5(2)10-4-6(3-9-10)7(8)11;1-4(2)10-3-5(6(7)11)8-9-10;/h4-6H,1-3H3;3-4H,1-2H3,(H2,10,11,12);3-4H,1-2H3,(H,11,12,14);3-4H,1-2H3,(H4,9,10,12,13);3-5H,1-2H3,(H2,9,10,11);4-5H,1-3H3;3-5H,1-2H3,(H2,8,11);3-4H,1-2H3,(H2,7,11);1H. The summed E-state index contributed by atoms with van der Waals surface area (Å²) in [5, 5.41) is 15.2. The molecule has 13 N–H and O–H groups in total. The Labute approximate surface area is 578 Å². The first-order valence-corrected chi connectivity index (χ1v) is 31.6. The molecule has 0 atom stereocenters. The van der Waals surface area contributed by atoms with E-state index in [1.165, 1.54) is 42.9 Å². The van der Waals surface area contributed by atoms with E-state index in [-0.39, 0.29) is 72.1 Å². The molecule has 2 amide bonds. The van der Waals surface area contributed by atoms with Crippen LogP contribution in [0.2, 0.25) is 0 Å². The molecule has 0 fully saturated rings. The number of amides is 2. The van der Waals surface area contributed by atoms with E-state index < -0.39 is 29.5 Å². The number of imidazole rings is 5. The molecule has 0 spiro atoms. The van der Waals surface area contributed by atoms with Gasteiger partial charge in [0.1, 0.15) is 41.4 Å². The number of halogens is 2. The highest BCUT2D eigenvalue weighted by Gasteiger charge is 2.18. The van der Waals surface area contributed by atoms with E-state index >= 15 is 0 Å². The van der Waals surface area contributed by atoms with Crippen molar-refractivity contribution in [3.8, 4) is 0 Å². The third-order valence-corrected chi connectivity index (χ3v) is 14.0. The Balaban J connectivity index is 0.000000210. The number of hydrogen-bond acceptors (Lipinski definition) is 27. The summed E-state index contributed by atoms with van der Waals surface area (Å²) in [6.07, 6.45) is 16.0. The van der Waals surface area contributed by atoms with Gasteiger partial charge in [-0.2, -0.15) is 33.8 Å². The number of aromatic amines is 1. The predicted molar refractivity (Wildman–Crippen MR) is 376 cm³/mol. The van der Waals surface area contributed by atoms with Crippen molar-refractivity contribution in [2.45, 2.75) is 173 Å². The molecule has 0 bridgehead atoms. The summed E-state index contributed by atoms with van der Waals surface area (Å²) in [6.45, 7) is 35.1. The van der Waals surface area contributed by atoms with Gasteiger partial charge in [-0.3, -0.25) is 33.4 Å². The fourth-order valence-electron chi connectivity index (χ4n) is 8.58. The van der Waals surface area contributed by atoms with Crippen LogP contribution in [0.15, 0.2) is 73.9 Å². The van der Waals surface area contributed by atoms with Crippen LogP contribution < -0.4 is 40.0 Å². The molecule has 40 heteroatoms. The summed E-state index contributed by atoms with van der Waals surface area (Å²) in [4.78, 5) is 105. The number of nitrogens with zero attached hydrogens (tertiary/aromatic N) is 27. The van der Waals surface area contributed by atoms with Crippen LogP contribution in [0.25, 0.3) is 55.8 Å². The second-order valence-corrected chi connectivity index (χ2v) is 24.4. The maximum atomic E-state index is 13.4. The number of nitrogens with one attached hydrogen (secondary N) is 1. The molecule has 0 aliphatic rings. The third-order valence-electron chi connectivity index (χ3n) is 14.0. The molecular weight excluding hydrogens is 1310 g/mol. The van der Waals surface area contributed by atoms with Crippen LogP contribution in [0.4, 0.5) is 32.2 Å². The summed E-state index contributed by atoms with van der Waals surface area (Å²) < 4.78 is 40.1. The van der Waals surface area contributed by atoms with Crippen molar-refractivity contribution in [2.75, 3.05) is 22.9 Å². The van der Waals surface area contributed by atoms with E-state index in [1.807, 2.05) is 115 Å². The van der Waals surface area contributed by atoms with E-state index in [0.717, 1.165) is 22.6 Å². The zero-order valence-electron chi connectivity index (χ0n) is 59.4. The van der Waals surface area contributed by atoms with Crippen LogP contribution in [0.3, 0.4) is 0 Å². The van der Waals surface area contributed by atoms with Crippen molar-refractivity contribution in [3.05, 3.63) is 114 Å². The molecule has 13 heterocycles. The molecule has 0 saturated carbocycles. The van der Waals surface area contributed by atoms with Gasteiger partial charge in [0, 0.05) is 62.9 Å². The highest BCUT2D eigenvalue weighted by Crippen LogP contribution is 2.23. The molecule has 0 aliphatic carbocycles. The van der Waals surface area contributed by atoms with Crippen LogP contribution in [-0.2, 0) is 0 Å². The summed E-state index contributed by atoms with van der Waals surface area (Å²) in [7, 11) is 0. The van der Waals surface area contributed by atoms with Crippen molar-refractivity contribution in [1.82, 2.24) is 137 Å². The molecule has 13 rings (SSSR count). The smallest absolute Gasteiger partial charge is 0.291 e. The molecule has 0 radical (unpaired) electrons. The summed E-state index contributed by atoms with van der Waals surface area (Å²) in [6, 6.07) is 1.77. The van der Waals surface area contributed by atoms with Gasteiger partial charge >= 0.3 is 0 Å². The van der Waals surface area contributed by atoms with E-state index in [9.17, 15) is 28.0 Å². The molecule has 13 aromatic rings. The molecular formula is C61H88F2N34O4. The number of fused-ring (bicyclic) bond motifs is 5. The fourth-order valence-corrected chi connectivity index (χ4v) is 8.58. The minimum Gasteiger partial charge on any atom is -0.382 e. The van der Waals surface area contributed by atoms with Gasteiger partial charge in [0.15, 0.2) is 68.2 Å². The first-order chi connectivity index (χ1) is 47.5. The predicted octanol–water partition coefficient (Wildman–Crippen LogP) is 7.07. The van der Waals surface area contributed by atoms with Crippen molar-refractivity contribution >= 4 is 96.8 Å². The van der Waals surface area contributed by atoms with Gasteiger partial charge in [-0.1, -0.05) is 5.21 Å². The van der Waals surface area contributed by atoms with E-state index in [4.69, 9.17) is 34.4 Å². The van der Waals surface area contributed by atoms with Crippen LogP contribution in [-0.4, -0.2) is 155 Å². The Kier molecular flexibility index (Phi) is 26.4. The average molecular weight is 1400 g/mol. The summed E-state index contributed by atoms with van der Waals surface area (Å²) in [5.74, 6) is 1.15. The van der Waals surface area contributed by atoms with Gasteiger partial charge in [0.25, 0.3) is 29.5 Å². The maximum Gasteiger partial charge on any atom is 0.291 e. The zero-order chi connectivity index (χ0) is 75.0. The van der Waals surface area contributed by atoms with Gasteiger partial charge in [-0.15, -0.1) is 10.2 Å². The van der Waals surface area contributed by atoms with Gasteiger partial charge in [-0.05, 0) is 118 Å². The van der Waals surface area contributed by atoms with E-state index in [1.54, 1.807) is 50.0 Å². The normalized spacial score (nSPS) is 11.1. The number of nitrogens with two attached hydrogens (primary N) is 6. The minimum absolute atomic E-state index is 0. The number of aromatic nitrogens is 28. The average Bonchev–Trinajstić information content (AvgIpc) is 1.68. The second-order valence-electron chi connectivity index (χ2n) is 24.4. The Morgan fingerprint density at radius 3 is 1.48 bits per heavy atom. The Hall–Kier alpha value is -12.3. The molecule has 13 aromatic heterocycles. The first-order valence-electron chi connectivity index (χ1n) is 31.6. The second kappa shape index (κ2) is 34.3. The van der Waals surface area contributed by atoms with Crippen molar-refractivity contribution < 1.29 is 24.6 Å². The summed E-state index contributed by atoms with van der Waals surface area (Å²) in [5.41, 5.74) is 38.2. The number of ketones is 1. The van der Waals surface area contributed by atoms with Gasteiger partial charge in [0.2, 0.25) is 11.8 Å². The number of rotatable bonds is 11. The lowest BCUT2D eigenvalue weighted by Gasteiger charge is -2.06. The van der Waals surface area contributed by atoms with Gasteiger partial charge in [0.05, 0.1) is 49.5 Å². The minimum atomic E-state index is -0.884. The van der Waals surface area contributed by atoms with E-state index in [2.05, 4.69) is 123 Å². The highest BCUT2D eigenvalue weighted by atomic mass is 19.1. The first kappa shape index (κ1) is 77.7. The quantitative estimate of drug-likeness (QED) is 0.0386. The molecule has 38 nitrogen and oxygen atoms in total. The van der Waals surface area contributed by atoms with Crippen LogP contribution >= 0.6 is 0 Å². The van der Waals surface area contributed by atoms with E-state index in [0.29, 0.717) is 63.0 Å². The number of nitrogen functional groups attached to an aromatic ring is 4. The number of carbonyl (C=O) groups excluding carboxylic acids is 3. The third kappa shape index (κ3) is 20.0. The highest BCUT2D eigenvalue weighted by molar-refractivity contribution is 5.92. The topological polar surface area (TPSA) is 525 Å². The number of anilines is 4. The largest absolute Gasteiger partial charge is 0.382 e. The monoisotopic (exact) mass is 1400 g/mol.